The van der Waals surface area contributed by atoms with Gasteiger partial charge >= 0.3 is 0 Å². The number of nitrogens with zero attached hydrogens (tertiary/aromatic N) is 6. The first-order valence-electron chi connectivity index (χ1n) is 11.9. The Bertz CT molecular complexity index is 1230. The third-order valence-electron chi connectivity index (χ3n) is 6.92. The van der Waals surface area contributed by atoms with E-state index < -0.39 is 0 Å². The van der Waals surface area contributed by atoms with Crippen LogP contribution in [0.15, 0.2) is 30.5 Å². The van der Waals surface area contributed by atoms with Gasteiger partial charge in [0.25, 0.3) is 0 Å². The lowest BCUT2D eigenvalue weighted by molar-refractivity contribution is 0.101. The average molecular weight is 461 g/mol. The smallest absolute Gasteiger partial charge is 0.225 e. The summed E-state index contributed by atoms with van der Waals surface area (Å²) in [5.74, 6) is 1.42. The summed E-state index contributed by atoms with van der Waals surface area (Å²) in [4.78, 5) is 25.3. The number of anilines is 2. The topological polar surface area (TPSA) is 75.1 Å². The molecule has 0 radical (unpaired) electrons. The fraction of sp³-hybridized carbons (Fsp3) is 0.423. The van der Waals surface area contributed by atoms with Crippen molar-refractivity contribution in [3.63, 3.8) is 0 Å². The van der Waals surface area contributed by atoms with Gasteiger partial charge in [-0.1, -0.05) is 12.1 Å². The van der Waals surface area contributed by atoms with Crippen LogP contribution >= 0.6 is 0 Å². The van der Waals surface area contributed by atoms with Crippen molar-refractivity contribution in [3.8, 4) is 0 Å². The number of fused-ring (bicyclic) bond motifs is 1. The van der Waals surface area contributed by atoms with Crippen LogP contribution in [-0.2, 0) is 19.3 Å². The lowest BCUT2D eigenvalue weighted by Crippen LogP contribution is -2.53. The standard InChI is InChI=1S/C26H29FN6O/c1-16-15-32(11-12-33(16)26-28-14-23(18(3)34)17(2)29-26)25-22-6-4-5-21(22)24(30-31-25)13-19-7-9-20(27)10-8-19/h7-10,14,16H,4-6,11-13,15H2,1-3H3/t16-/m1/s1. The lowest BCUT2D eigenvalue weighted by atomic mass is 10.0. The lowest BCUT2D eigenvalue weighted by Gasteiger charge is -2.41. The van der Waals surface area contributed by atoms with Crippen LogP contribution in [0.25, 0.3) is 0 Å². The molecular formula is C26H29FN6O. The van der Waals surface area contributed by atoms with Crippen molar-refractivity contribution >= 4 is 17.5 Å². The zero-order chi connectivity index (χ0) is 23.8. The minimum absolute atomic E-state index is 0.0165. The number of piperazine rings is 1. The maximum atomic E-state index is 13.3. The first kappa shape index (κ1) is 22.4. The molecule has 2 aromatic heterocycles. The molecule has 8 heteroatoms. The second kappa shape index (κ2) is 9.08. The van der Waals surface area contributed by atoms with E-state index in [0.29, 0.717) is 23.6 Å². The zero-order valence-electron chi connectivity index (χ0n) is 19.9. The Morgan fingerprint density at radius 2 is 1.88 bits per heavy atom. The van der Waals surface area contributed by atoms with Crippen LogP contribution in [0.5, 0.6) is 0 Å². The van der Waals surface area contributed by atoms with Crippen LogP contribution in [0.1, 0.15) is 58.7 Å². The third kappa shape index (κ3) is 4.24. The van der Waals surface area contributed by atoms with Gasteiger partial charge in [0.2, 0.25) is 5.95 Å². The largest absolute Gasteiger partial charge is 0.351 e. The van der Waals surface area contributed by atoms with Gasteiger partial charge in [-0.15, -0.1) is 5.10 Å². The molecule has 1 aromatic carbocycles. The highest BCUT2D eigenvalue weighted by atomic mass is 19.1. The van der Waals surface area contributed by atoms with Gasteiger partial charge in [-0.2, -0.15) is 5.10 Å². The maximum Gasteiger partial charge on any atom is 0.225 e. The van der Waals surface area contributed by atoms with E-state index in [1.165, 1.54) is 30.2 Å². The third-order valence-corrected chi connectivity index (χ3v) is 6.92. The molecule has 0 N–H and O–H groups in total. The van der Waals surface area contributed by atoms with Crippen molar-refractivity contribution in [3.05, 3.63) is 69.9 Å². The average Bonchev–Trinajstić information content (AvgIpc) is 3.31. The maximum absolute atomic E-state index is 13.3. The van der Waals surface area contributed by atoms with Gasteiger partial charge in [-0.05, 0) is 63.3 Å². The van der Waals surface area contributed by atoms with E-state index >= 15 is 0 Å². The van der Waals surface area contributed by atoms with Crippen molar-refractivity contribution < 1.29 is 9.18 Å². The number of halogens is 1. The molecule has 34 heavy (non-hydrogen) atoms. The predicted molar refractivity (Wildman–Crippen MR) is 129 cm³/mol. The van der Waals surface area contributed by atoms with Crippen LogP contribution in [0, 0.1) is 12.7 Å². The second-order valence-electron chi connectivity index (χ2n) is 9.30. The van der Waals surface area contributed by atoms with Crippen molar-refractivity contribution in [1.29, 1.82) is 0 Å². The Morgan fingerprint density at radius 3 is 2.59 bits per heavy atom. The van der Waals surface area contributed by atoms with Gasteiger partial charge in [0.15, 0.2) is 11.6 Å². The zero-order valence-corrected chi connectivity index (χ0v) is 19.9. The fourth-order valence-corrected chi connectivity index (χ4v) is 5.12. The van der Waals surface area contributed by atoms with Gasteiger partial charge in [-0.3, -0.25) is 4.79 Å². The molecule has 1 aliphatic carbocycles. The Labute approximate surface area is 199 Å². The van der Waals surface area contributed by atoms with Crippen molar-refractivity contribution in [1.82, 2.24) is 20.2 Å². The first-order valence-corrected chi connectivity index (χ1v) is 11.9. The van der Waals surface area contributed by atoms with Crippen LogP contribution in [0.4, 0.5) is 16.2 Å². The number of ketones is 1. The number of carbonyl (C=O) groups is 1. The summed E-state index contributed by atoms with van der Waals surface area (Å²) in [5.41, 5.74) is 5.96. The molecule has 1 atom stereocenters. The van der Waals surface area contributed by atoms with Gasteiger partial charge < -0.3 is 9.80 Å². The molecule has 1 saturated heterocycles. The number of hydrogen-bond donors (Lipinski definition) is 0. The molecule has 3 heterocycles. The van der Waals surface area contributed by atoms with Crippen LogP contribution < -0.4 is 9.80 Å². The summed E-state index contributed by atoms with van der Waals surface area (Å²) >= 11 is 0. The van der Waals surface area contributed by atoms with Gasteiger partial charge in [0, 0.05) is 43.9 Å². The molecule has 0 bridgehead atoms. The summed E-state index contributed by atoms with van der Waals surface area (Å²) in [6.07, 6.45) is 5.45. The van der Waals surface area contributed by atoms with Gasteiger partial charge in [0.1, 0.15) is 5.82 Å². The summed E-state index contributed by atoms with van der Waals surface area (Å²) in [5, 5.41) is 9.31. The molecule has 0 saturated carbocycles. The quantitative estimate of drug-likeness (QED) is 0.537. The minimum atomic E-state index is -0.223. The molecule has 0 spiro atoms. The van der Waals surface area contributed by atoms with Crippen molar-refractivity contribution in [2.75, 3.05) is 29.4 Å². The number of Topliss-reactive ketones (excluding diaryl/α,β-unsaturated/α-hetero) is 1. The van der Waals surface area contributed by atoms with Crippen molar-refractivity contribution in [2.45, 2.75) is 52.5 Å². The van der Waals surface area contributed by atoms with E-state index in [2.05, 4.69) is 36.9 Å². The predicted octanol–water partition coefficient (Wildman–Crippen LogP) is 3.71. The molecule has 3 aromatic rings. The van der Waals surface area contributed by atoms with Crippen LogP contribution in [0.2, 0.25) is 0 Å². The van der Waals surface area contributed by atoms with Gasteiger partial charge in [0.05, 0.1) is 17.0 Å². The van der Waals surface area contributed by atoms with Crippen molar-refractivity contribution in [2.24, 2.45) is 0 Å². The SMILES string of the molecule is CC(=O)c1cnc(N2CCN(c3nnc(Cc4ccc(F)cc4)c4c3CCC4)C[C@H]2C)nc1C. The number of benzene rings is 1. The highest BCUT2D eigenvalue weighted by Crippen LogP contribution is 2.33. The summed E-state index contributed by atoms with van der Waals surface area (Å²) in [6.45, 7) is 7.94. The van der Waals surface area contributed by atoms with E-state index in [4.69, 9.17) is 0 Å². The van der Waals surface area contributed by atoms with Crippen LogP contribution in [-0.4, -0.2) is 51.6 Å². The van der Waals surface area contributed by atoms with E-state index in [9.17, 15) is 9.18 Å². The number of carbonyl (C=O) groups excluding carboxylic acids is 1. The molecule has 7 nitrogen and oxygen atoms in total. The summed E-state index contributed by atoms with van der Waals surface area (Å²) in [6, 6.07) is 6.82. The molecular weight excluding hydrogens is 431 g/mol. The summed E-state index contributed by atoms with van der Waals surface area (Å²) in [7, 11) is 0. The number of rotatable bonds is 5. The summed E-state index contributed by atoms with van der Waals surface area (Å²) < 4.78 is 13.3. The molecule has 1 fully saturated rings. The molecule has 1 aliphatic heterocycles. The molecule has 0 amide bonds. The molecule has 176 valence electrons. The Balaban J connectivity index is 1.34. The van der Waals surface area contributed by atoms with Crippen LogP contribution in [0.3, 0.4) is 0 Å². The Morgan fingerprint density at radius 1 is 1.12 bits per heavy atom. The molecule has 2 aliphatic rings. The van der Waals surface area contributed by atoms with E-state index in [1.54, 1.807) is 6.20 Å². The van der Waals surface area contributed by atoms with E-state index in [0.717, 1.165) is 56.0 Å². The number of aromatic nitrogens is 4. The molecule has 0 unspecified atom stereocenters. The van der Waals surface area contributed by atoms with E-state index in [1.807, 2.05) is 19.1 Å². The highest BCUT2D eigenvalue weighted by Gasteiger charge is 2.30. The normalized spacial score (nSPS) is 17.7. The molecule has 5 rings (SSSR count). The Hall–Kier alpha value is -3.42. The highest BCUT2D eigenvalue weighted by molar-refractivity contribution is 5.94. The number of aryl methyl sites for hydroxylation is 1. The first-order chi connectivity index (χ1) is 16.4. The van der Waals surface area contributed by atoms with E-state index in [-0.39, 0.29) is 17.6 Å². The number of hydrogen-bond acceptors (Lipinski definition) is 7. The Kier molecular flexibility index (Phi) is 5.98. The fourth-order valence-electron chi connectivity index (χ4n) is 5.12. The minimum Gasteiger partial charge on any atom is -0.351 e. The second-order valence-corrected chi connectivity index (χ2v) is 9.30. The van der Waals surface area contributed by atoms with Gasteiger partial charge in [-0.25, -0.2) is 14.4 Å². The monoisotopic (exact) mass is 460 g/mol.